The summed E-state index contributed by atoms with van der Waals surface area (Å²) in [6.07, 6.45) is 7.74. The Bertz CT molecular complexity index is 579. The average molecular weight is 228 g/mol. The number of aromatic amines is 1. The molecule has 2 aromatic heterocycles. The standard InChI is InChI=1S/C14H16N2O/c1-3-4-5-10(2)13-7-12-6-11(9-17)8-15-14(12)16-13/h3-8,17H,9H2,1-2H3,(H,15,16)/b4-3-,10-5+. The molecule has 2 rings (SSSR count). The van der Waals surface area contributed by atoms with Crippen LogP contribution in [-0.2, 0) is 6.61 Å². The van der Waals surface area contributed by atoms with Crippen LogP contribution in [0.2, 0.25) is 0 Å². The van der Waals surface area contributed by atoms with E-state index in [0.29, 0.717) is 0 Å². The van der Waals surface area contributed by atoms with Crippen molar-refractivity contribution in [1.29, 1.82) is 0 Å². The minimum atomic E-state index is 0.0247. The third-order valence-corrected chi connectivity index (χ3v) is 2.67. The lowest BCUT2D eigenvalue weighted by Gasteiger charge is -1.94. The number of pyridine rings is 1. The minimum absolute atomic E-state index is 0.0247. The fourth-order valence-electron chi connectivity index (χ4n) is 1.69. The maximum Gasteiger partial charge on any atom is 0.137 e. The normalized spacial score (nSPS) is 12.8. The summed E-state index contributed by atoms with van der Waals surface area (Å²) in [7, 11) is 0. The van der Waals surface area contributed by atoms with Crippen LogP contribution < -0.4 is 0 Å². The minimum Gasteiger partial charge on any atom is -0.392 e. The number of hydrogen-bond acceptors (Lipinski definition) is 2. The second kappa shape index (κ2) is 4.97. The van der Waals surface area contributed by atoms with E-state index < -0.39 is 0 Å². The smallest absolute Gasteiger partial charge is 0.137 e. The highest BCUT2D eigenvalue weighted by Gasteiger charge is 2.03. The molecule has 0 aliphatic carbocycles. The molecule has 3 nitrogen and oxygen atoms in total. The fourth-order valence-corrected chi connectivity index (χ4v) is 1.69. The van der Waals surface area contributed by atoms with Gasteiger partial charge in [0.15, 0.2) is 0 Å². The van der Waals surface area contributed by atoms with Gasteiger partial charge in [-0.3, -0.25) is 0 Å². The molecule has 0 atom stereocenters. The van der Waals surface area contributed by atoms with Crippen molar-refractivity contribution in [3.8, 4) is 0 Å². The van der Waals surface area contributed by atoms with Gasteiger partial charge < -0.3 is 10.1 Å². The van der Waals surface area contributed by atoms with Gasteiger partial charge in [-0.05, 0) is 37.1 Å². The number of nitrogens with one attached hydrogen (secondary N) is 1. The van der Waals surface area contributed by atoms with Crippen LogP contribution in [0.4, 0.5) is 0 Å². The summed E-state index contributed by atoms with van der Waals surface area (Å²) >= 11 is 0. The van der Waals surface area contributed by atoms with E-state index in [2.05, 4.69) is 29.0 Å². The molecule has 0 aliphatic rings. The number of allylic oxidation sites excluding steroid dienone is 4. The Morgan fingerprint density at radius 1 is 1.47 bits per heavy atom. The first-order valence-corrected chi connectivity index (χ1v) is 5.63. The zero-order valence-corrected chi connectivity index (χ0v) is 10.1. The van der Waals surface area contributed by atoms with Gasteiger partial charge >= 0.3 is 0 Å². The Labute approximate surface area is 101 Å². The quantitative estimate of drug-likeness (QED) is 0.793. The van der Waals surface area contributed by atoms with Crippen LogP contribution in [0.3, 0.4) is 0 Å². The first kappa shape index (κ1) is 11.6. The maximum absolute atomic E-state index is 9.06. The lowest BCUT2D eigenvalue weighted by atomic mass is 10.2. The van der Waals surface area contributed by atoms with Crippen LogP contribution in [-0.4, -0.2) is 15.1 Å². The molecule has 3 heteroatoms. The largest absolute Gasteiger partial charge is 0.392 e. The number of hydrogen-bond donors (Lipinski definition) is 2. The van der Waals surface area contributed by atoms with Crippen molar-refractivity contribution in [3.05, 3.63) is 47.8 Å². The van der Waals surface area contributed by atoms with Crippen LogP contribution in [0, 0.1) is 0 Å². The SMILES string of the molecule is C/C=C\C=C(/C)c1cc2cc(CO)cnc2[nH]1. The summed E-state index contributed by atoms with van der Waals surface area (Å²) < 4.78 is 0. The molecule has 0 aromatic carbocycles. The number of aliphatic hydroxyl groups excluding tert-OH is 1. The lowest BCUT2D eigenvalue weighted by Crippen LogP contribution is -1.84. The van der Waals surface area contributed by atoms with Crippen molar-refractivity contribution >= 4 is 16.6 Å². The van der Waals surface area contributed by atoms with Gasteiger partial charge in [-0.15, -0.1) is 0 Å². The Balaban J connectivity index is 2.44. The molecule has 0 saturated carbocycles. The molecule has 17 heavy (non-hydrogen) atoms. The molecule has 0 unspecified atom stereocenters. The molecule has 0 amide bonds. The second-order valence-corrected chi connectivity index (χ2v) is 4.00. The molecule has 0 aliphatic heterocycles. The highest BCUT2D eigenvalue weighted by molar-refractivity contribution is 5.82. The van der Waals surface area contributed by atoms with Gasteiger partial charge in [-0.25, -0.2) is 4.98 Å². The Morgan fingerprint density at radius 3 is 3.00 bits per heavy atom. The topological polar surface area (TPSA) is 48.9 Å². The third kappa shape index (κ3) is 2.45. The number of aromatic nitrogens is 2. The summed E-state index contributed by atoms with van der Waals surface area (Å²) in [4.78, 5) is 7.54. The van der Waals surface area contributed by atoms with E-state index >= 15 is 0 Å². The van der Waals surface area contributed by atoms with Gasteiger partial charge in [-0.1, -0.05) is 18.2 Å². The Morgan fingerprint density at radius 2 is 2.29 bits per heavy atom. The van der Waals surface area contributed by atoms with E-state index in [0.717, 1.165) is 27.9 Å². The van der Waals surface area contributed by atoms with Gasteiger partial charge in [0.25, 0.3) is 0 Å². The van der Waals surface area contributed by atoms with Crippen LogP contribution in [0.15, 0.2) is 36.6 Å². The first-order valence-electron chi connectivity index (χ1n) is 5.63. The van der Waals surface area contributed by atoms with Gasteiger partial charge in [-0.2, -0.15) is 0 Å². The molecule has 2 heterocycles. The van der Waals surface area contributed by atoms with E-state index in [1.807, 2.05) is 25.1 Å². The molecule has 2 aromatic rings. The molecule has 88 valence electrons. The zero-order valence-electron chi connectivity index (χ0n) is 10.1. The lowest BCUT2D eigenvalue weighted by molar-refractivity contribution is 0.281. The van der Waals surface area contributed by atoms with Crippen LogP contribution in [0.5, 0.6) is 0 Å². The number of H-pyrrole nitrogens is 1. The van der Waals surface area contributed by atoms with Gasteiger partial charge in [0, 0.05) is 17.3 Å². The number of rotatable bonds is 3. The summed E-state index contributed by atoms with van der Waals surface area (Å²) in [5.74, 6) is 0. The summed E-state index contributed by atoms with van der Waals surface area (Å²) in [6, 6.07) is 4.00. The van der Waals surface area contributed by atoms with E-state index in [4.69, 9.17) is 5.11 Å². The predicted octanol–water partition coefficient (Wildman–Crippen LogP) is 3.03. The van der Waals surface area contributed by atoms with Gasteiger partial charge in [0.1, 0.15) is 5.65 Å². The molecule has 2 N–H and O–H groups in total. The Hall–Kier alpha value is -1.87. The third-order valence-electron chi connectivity index (χ3n) is 2.67. The van der Waals surface area contributed by atoms with E-state index in [-0.39, 0.29) is 6.61 Å². The predicted molar refractivity (Wildman–Crippen MR) is 70.5 cm³/mol. The van der Waals surface area contributed by atoms with Gasteiger partial charge in [0.2, 0.25) is 0 Å². The Kier molecular flexibility index (Phi) is 3.40. The highest BCUT2D eigenvalue weighted by Crippen LogP contribution is 2.20. The molecule has 0 radical (unpaired) electrons. The molecule has 0 fully saturated rings. The van der Waals surface area contributed by atoms with Crippen LogP contribution >= 0.6 is 0 Å². The monoisotopic (exact) mass is 228 g/mol. The van der Waals surface area contributed by atoms with Crippen LogP contribution in [0.25, 0.3) is 16.6 Å². The van der Waals surface area contributed by atoms with Crippen LogP contribution in [0.1, 0.15) is 25.1 Å². The second-order valence-electron chi connectivity index (χ2n) is 4.00. The molecule has 0 bridgehead atoms. The fraction of sp³-hybridized carbons (Fsp3) is 0.214. The van der Waals surface area contributed by atoms with Crippen molar-refractivity contribution in [2.75, 3.05) is 0 Å². The van der Waals surface area contributed by atoms with Crippen molar-refractivity contribution in [1.82, 2.24) is 9.97 Å². The number of nitrogens with zero attached hydrogens (tertiary/aromatic N) is 1. The first-order chi connectivity index (χ1) is 8.24. The van der Waals surface area contributed by atoms with E-state index in [9.17, 15) is 0 Å². The highest BCUT2D eigenvalue weighted by atomic mass is 16.3. The molecule has 0 saturated heterocycles. The van der Waals surface area contributed by atoms with E-state index in [1.54, 1.807) is 6.20 Å². The summed E-state index contributed by atoms with van der Waals surface area (Å²) in [6.45, 7) is 4.07. The molecule has 0 spiro atoms. The molecular weight excluding hydrogens is 212 g/mol. The molecular formula is C14H16N2O. The zero-order chi connectivity index (χ0) is 12.3. The van der Waals surface area contributed by atoms with Gasteiger partial charge in [0.05, 0.1) is 6.61 Å². The summed E-state index contributed by atoms with van der Waals surface area (Å²) in [5, 5.41) is 10.1. The van der Waals surface area contributed by atoms with Crippen molar-refractivity contribution < 1.29 is 5.11 Å². The summed E-state index contributed by atoms with van der Waals surface area (Å²) in [5.41, 5.74) is 3.90. The van der Waals surface area contributed by atoms with Crippen molar-refractivity contribution in [2.45, 2.75) is 20.5 Å². The average Bonchev–Trinajstić information content (AvgIpc) is 2.78. The van der Waals surface area contributed by atoms with Crippen molar-refractivity contribution in [3.63, 3.8) is 0 Å². The number of aliphatic hydroxyl groups is 1. The van der Waals surface area contributed by atoms with E-state index in [1.165, 1.54) is 0 Å². The number of fused-ring (bicyclic) bond motifs is 1. The van der Waals surface area contributed by atoms with Crippen molar-refractivity contribution in [2.24, 2.45) is 0 Å². The maximum atomic E-state index is 9.06.